The Morgan fingerprint density at radius 1 is 1.15 bits per heavy atom. The molecular formula is C14H10BrF2NO2. The summed E-state index contributed by atoms with van der Waals surface area (Å²) in [7, 11) is 0. The standard InChI is InChI=1S/C14H10BrF2NO2/c15-9-3-1-8(2-4-9)7-20-14(19)10-5-12(17)13(18)6-11(10)16/h1-6H,7,18H2. The molecule has 2 aromatic rings. The molecule has 6 heteroatoms. The lowest BCUT2D eigenvalue weighted by Crippen LogP contribution is -2.09. The van der Waals surface area contributed by atoms with Crippen LogP contribution in [-0.4, -0.2) is 5.97 Å². The zero-order valence-electron chi connectivity index (χ0n) is 10.2. The Balaban J connectivity index is 2.09. The van der Waals surface area contributed by atoms with E-state index in [9.17, 15) is 13.6 Å². The van der Waals surface area contributed by atoms with Gasteiger partial charge in [-0.1, -0.05) is 28.1 Å². The molecule has 0 amide bonds. The molecule has 2 aromatic carbocycles. The molecule has 0 bridgehead atoms. The summed E-state index contributed by atoms with van der Waals surface area (Å²) >= 11 is 3.28. The first kappa shape index (κ1) is 14.5. The second-order valence-electron chi connectivity index (χ2n) is 4.06. The van der Waals surface area contributed by atoms with Crippen LogP contribution in [0.5, 0.6) is 0 Å². The molecule has 0 fully saturated rings. The van der Waals surface area contributed by atoms with Crippen molar-refractivity contribution in [2.45, 2.75) is 6.61 Å². The number of carbonyl (C=O) groups is 1. The average Bonchev–Trinajstić information content (AvgIpc) is 2.42. The van der Waals surface area contributed by atoms with Crippen molar-refractivity contribution in [2.24, 2.45) is 0 Å². The maximum atomic E-state index is 13.5. The number of nitrogens with two attached hydrogens (primary N) is 1. The zero-order valence-corrected chi connectivity index (χ0v) is 11.8. The Kier molecular flexibility index (Phi) is 4.34. The first-order valence-electron chi connectivity index (χ1n) is 5.63. The summed E-state index contributed by atoms with van der Waals surface area (Å²) in [5.74, 6) is -2.71. The Labute approximate surface area is 122 Å². The zero-order chi connectivity index (χ0) is 14.7. The van der Waals surface area contributed by atoms with E-state index in [1.807, 2.05) is 0 Å². The van der Waals surface area contributed by atoms with Gasteiger partial charge in [-0.2, -0.15) is 0 Å². The molecule has 20 heavy (non-hydrogen) atoms. The van der Waals surface area contributed by atoms with Crippen LogP contribution in [0, 0.1) is 11.6 Å². The Hall–Kier alpha value is -1.95. The van der Waals surface area contributed by atoms with Gasteiger partial charge in [0.1, 0.15) is 18.2 Å². The molecule has 0 unspecified atom stereocenters. The van der Waals surface area contributed by atoms with Crippen molar-refractivity contribution in [3.63, 3.8) is 0 Å². The molecule has 0 radical (unpaired) electrons. The van der Waals surface area contributed by atoms with Crippen molar-refractivity contribution in [2.75, 3.05) is 5.73 Å². The number of carbonyl (C=O) groups excluding carboxylic acids is 1. The Bertz CT molecular complexity index is 644. The fourth-order valence-electron chi connectivity index (χ4n) is 1.53. The molecule has 0 aliphatic rings. The molecule has 3 nitrogen and oxygen atoms in total. The number of esters is 1. The number of anilines is 1. The van der Waals surface area contributed by atoms with Gasteiger partial charge >= 0.3 is 5.97 Å². The van der Waals surface area contributed by atoms with Crippen LogP contribution < -0.4 is 5.73 Å². The lowest BCUT2D eigenvalue weighted by Gasteiger charge is -2.07. The normalized spacial score (nSPS) is 10.3. The summed E-state index contributed by atoms with van der Waals surface area (Å²) in [5, 5.41) is 0. The van der Waals surface area contributed by atoms with E-state index in [1.165, 1.54) is 0 Å². The number of halogens is 3. The van der Waals surface area contributed by atoms with Gasteiger partial charge in [0.15, 0.2) is 0 Å². The molecular weight excluding hydrogens is 332 g/mol. The molecule has 0 aromatic heterocycles. The third-order valence-electron chi connectivity index (χ3n) is 2.59. The van der Waals surface area contributed by atoms with Crippen LogP contribution in [0.2, 0.25) is 0 Å². The number of hydrogen-bond acceptors (Lipinski definition) is 3. The van der Waals surface area contributed by atoms with Crippen molar-refractivity contribution in [3.8, 4) is 0 Å². The summed E-state index contributed by atoms with van der Waals surface area (Å²) in [6.07, 6.45) is 0. The minimum absolute atomic E-state index is 0.0302. The van der Waals surface area contributed by atoms with Gasteiger partial charge in [0.25, 0.3) is 0 Å². The van der Waals surface area contributed by atoms with Crippen molar-refractivity contribution in [1.82, 2.24) is 0 Å². The summed E-state index contributed by atoms with van der Waals surface area (Å²) in [5.41, 5.74) is 5.10. The predicted octanol–water partition coefficient (Wildman–Crippen LogP) is 3.67. The lowest BCUT2D eigenvalue weighted by atomic mass is 10.2. The molecule has 0 aliphatic heterocycles. The smallest absolute Gasteiger partial charge is 0.341 e. The first-order chi connectivity index (χ1) is 9.47. The Morgan fingerprint density at radius 2 is 1.80 bits per heavy atom. The number of ether oxygens (including phenoxy) is 1. The van der Waals surface area contributed by atoms with Gasteiger partial charge in [-0.15, -0.1) is 0 Å². The van der Waals surface area contributed by atoms with Crippen LogP contribution in [0.3, 0.4) is 0 Å². The van der Waals surface area contributed by atoms with E-state index in [0.29, 0.717) is 0 Å². The Morgan fingerprint density at radius 3 is 2.45 bits per heavy atom. The van der Waals surface area contributed by atoms with E-state index in [2.05, 4.69) is 15.9 Å². The van der Waals surface area contributed by atoms with Crippen LogP contribution in [0.25, 0.3) is 0 Å². The minimum atomic E-state index is -0.940. The fraction of sp³-hybridized carbons (Fsp3) is 0.0714. The third-order valence-corrected chi connectivity index (χ3v) is 3.12. The van der Waals surface area contributed by atoms with E-state index in [4.69, 9.17) is 10.5 Å². The average molecular weight is 342 g/mol. The SMILES string of the molecule is Nc1cc(F)c(C(=O)OCc2ccc(Br)cc2)cc1F. The summed E-state index contributed by atoms with van der Waals surface area (Å²) in [4.78, 5) is 11.7. The van der Waals surface area contributed by atoms with Crippen LogP contribution in [0.4, 0.5) is 14.5 Å². The number of hydrogen-bond donors (Lipinski definition) is 1. The van der Waals surface area contributed by atoms with Gasteiger partial charge in [0.2, 0.25) is 0 Å². The highest BCUT2D eigenvalue weighted by molar-refractivity contribution is 9.10. The van der Waals surface area contributed by atoms with Crippen LogP contribution in [-0.2, 0) is 11.3 Å². The van der Waals surface area contributed by atoms with Crippen LogP contribution in [0.15, 0.2) is 40.9 Å². The van der Waals surface area contributed by atoms with Gasteiger partial charge in [-0.05, 0) is 23.8 Å². The second kappa shape index (κ2) is 6.00. The van der Waals surface area contributed by atoms with E-state index >= 15 is 0 Å². The molecule has 0 atom stereocenters. The maximum Gasteiger partial charge on any atom is 0.341 e. The van der Waals surface area contributed by atoms with Crippen LogP contribution in [0.1, 0.15) is 15.9 Å². The summed E-state index contributed by atoms with van der Waals surface area (Å²) in [6.45, 7) is -0.0302. The molecule has 0 heterocycles. The highest BCUT2D eigenvalue weighted by atomic mass is 79.9. The number of benzene rings is 2. The maximum absolute atomic E-state index is 13.5. The van der Waals surface area contributed by atoms with Gasteiger partial charge < -0.3 is 10.5 Å². The fourth-order valence-corrected chi connectivity index (χ4v) is 1.79. The highest BCUT2D eigenvalue weighted by Crippen LogP contribution is 2.18. The monoisotopic (exact) mass is 341 g/mol. The van der Waals surface area contributed by atoms with Gasteiger partial charge in [0.05, 0.1) is 11.3 Å². The second-order valence-corrected chi connectivity index (χ2v) is 4.97. The molecule has 0 saturated heterocycles. The van der Waals surface area contributed by atoms with Crippen molar-refractivity contribution < 1.29 is 18.3 Å². The van der Waals surface area contributed by atoms with E-state index in [-0.39, 0.29) is 12.3 Å². The highest BCUT2D eigenvalue weighted by Gasteiger charge is 2.16. The largest absolute Gasteiger partial charge is 0.457 e. The third kappa shape index (κ3) is 3.33. The van der Waals surface area contributed by atoms with E-state index in [0.717, 1.165) is 22.2 Å². The van der Waals surface area contributed by atoms with Gasteiger partial charge in [0, 0.05) is 10.5 Å². The molecule has 2 N–H and O–H groups in total. The summed E-state index contributed by atoms with van der Waals surface area (Å²) in [6, 6.07) is 8.55. The van der Waals surface area contributed by atoms with E-state index in [1.54, 1.807) is 24.3 Å². The van der Waals surface area contributed by atoms with Crippen molar-refractivity contribution >= 4 is 27.6 Å². The molecule has 0 spiro atoms. The quantitative estimate of drug-likeness (QED) is 0.684. The van der Waals surface area contributed by atoms with E-state index < -0.39 is 23.2 Å². The minimum Gasteiger partial charge on any atom is -0.457 e. The number of rotatable bonds is 3. The topological polar surface area (TPSA) is 52.3 Å². The van der Waals surface area contributed by atoms with Crippen molar-refractivity contribution in [3.05, 3.63) is 63.6 Å². The predicted molar refractivity (Wildman–Crippen MR) is 74.0 cm³/mol. The van der Waals surface area contributed by atoms with Crippen LogP contribution >= 0.6 is 15.9 Å². The summed E-state index contributed by atoms with van der Waals surface area (Å²) < 4.78 is 32.5. The molecule has 0 saturated carbocycles. The molecule has 0 aliphatic carbocycles. The lowest BCUT2D eigenvalue weighted by molar-refractivity contribution is 0.0467. The molecule has 104 valence electrons. The first-order valence-corrected chi connectivity index (χ1v) is 6.43. The van der Waals surface area contributed by atoms with Crippen molar-refractivity contribution in [1.29, 1.82) is 0 Å². The van der Waals surface area contributed by atoms with Gasteiger partial charge in [-0.3, -0.25) is 0 Å². The molecule has 2 rings (SSSR count). The van der Waals surface area contributed by atoms with Gasteiger partial charge in [-0.25, -0.2) is 13.6 Å². The number of nitrogen functional groups attached to an aromatic ring is 1.